The Kier molecular flexibility index (Phi) is 7.60. The zero-order valence-electron chi connectivity index (χ0n) is 19.8. The van der Waals surface area contributed by atoms with E-state index in [1.54, 1.807) is 31.2 Å². The van der Waals surface area contributed by atoms with Gasteiger partial charge in [-0.3, -0.25) is 0 Å². The quantitative estimate of drug-likeness (QED) is 0.285. The van der Waals surface area contributed by atoms with Crippen LogP contribution in [0.4, 0.5) is 20.6 Å². The van der Waals surface area contributed by atoms with Gasteiger partial charge in [0.25, 0.3) is 0 Å². The Hall–Kier alpha value is -4.65. The van der Waals surface area contributed by atoms with Gasteiger partial charge in [0.2, 0.25) is 0 Å². The van der Waals surface area contributed by atoms with Gasteiger partial charge in [-0.1, -0.05) is 66.7 Å². The number of ether oxygens (including phenoxy) is 2. The Morgan fingerprint density at radius 3 is 1.89 bits per heavy atom. The second-order valence-corrected chi connectivity index (χ2v) is 8.06. The maximum Gasteiger partial charge on any atom is 0.341 e. The van der Waals surface area contributed by atoms with Crippen LogP contribution in [0.5, 0.6) is 5.75 Å². The third kappa shape index (κ3) is 5.88. The average Bonchev–Trinajstić information content (AvgIpc) is 2.90. The van der Waals surface area contributed by atoms with E-state index in [9.17, 15) is 14.0 Å². The topological polar surface area (TPSA) is 76.7 Å². The van der Waals surface area contributed by atoms with Crippen molar-refractivity contribution in [1.82, 2.24) is 0 Å². The van der Waals surface area contributed by atoms with Crippen LogP contribution in [0.15, 0.2) is 97.1 Å². The fourth-order valence-corrected chi connectivity index (χ4v) is 3.66. The lowest BCUT2D eigenvalue weighted by Gasteiger charge is -2.22. The first-order valence-electron chi connectivity index (χ1n) is 11.3. The van der Waals surface area contributed by atoms with E-state index in [0.717, 1.165) is 11.1 Å². The number of methoxy groups -OCH3 is 1. The molecule has 4 aromatic rings. The standard InChI is InChI=1S/C29H25FN2O4/c1-19-13-14-23(18-25(19)30)32-29(34)31-22-15-16-26(24(17-22)28(33)35-2)36-27(20-9-5-3-6-10-20)21-11-7-4-8-12-21/h3-18,27H,1-2H3,(H2,31,32,34). The Morgan fingerprint density at radius 1 is 0.778 bits per heavy atom. The molecule has 6 nitrogen and oxygen atoms in total. The summed E-state index contributed by atoms with van der Waals surface area (Å²) in [6.45, 7) is 1.64. The van der Waals surface area contributed by atoms with Crippen LogP contribution in [-0.2, 0) is 4.74 Å². The van der Waals surface area contributed by atoms with Crippen LogP contribution in [0, 0.1) is 12.7 Å². The molecule has 4 rings (SSSR count). The summed E-state index contributed by atoms with van der Waals surface area (Å²) in [6, 6.07) is 27.8. The van der Waals surface area contributed by atoms with Crippen molar-refractivity contribution in [2.24, 2.45) is 0 Å². The SMILES string of the molecule is COC(=O)c1cc(NC(=O)Nc2ccc(C)c(F)c2)ccc1OC(c1ccccc1)c1ccccc1. The summed E-state index contributed by atoms with van der Waals surface area (Å²) < 4.78 is 25.1. The molecular formula is C29H25FN2O4. The summed E-state index contributed by atoms with van der Waals surface area (Å²) in [5.41, 5.74) is 3.08. The summed E-state index contributed by atoms with van der Waals surface area (Å²) in [6.07, 6.45) is -0.477. The highest BCUT2D eigenvalue weighted by Gasteiger charge is 2.21. The van der Waals surface area contributed by atoms with Crippen molar-refractivity contribution in [3.05, 3.63) is 125 Å². The molecule has 0 aliphatic rings. The second-order valence-electron chi connectivity index (χ2n) is 8.06. The van der Waals surface area contributed by atoms with Gasteiger partial charge in [-0.25, -0.2) is 14.0 Å². The summed E-state index contributed by atoms with van der Waals surface area (Å²) in [5.74, 6) is -0.741. The Labute approximate surface area is 208 Å². The summed E-state index contributed by atoms with van der Waals surface area (Å²) >= 11 is 0. The van der Waals surface area contributed by atoms with Crippen molar-refractivity contribution >= 4 is 23.4 Å². The molecule has 2 amide bonds. The highest BCUT2D eigenvalue weighted by Crippen LogP contribution is 2.32. The van der Waals surface area contributed by atoms with Crippen LogP contribution in [0.2, 0.25) is 0 Å². The molecule has 182 valence electrons. The van der Waals surface area contributed by atoms with E-state index in [1.165, 1.54) is 19.2 Å². The van der Waals surface area contributed by atoms with Crippen LogP contribution in [0.1, 0.15) is 33.2 Å². The Morgan fingerprint density at radius 2 is 1.33 bits per heavy atom. The highest BCUT2D eigenvalue weighted by molar-refractivity contribution is 6.01. The van der Waals surface area contributed by atoms with Gasteiger partial charge in [-0.05, 0) is 53.9 Å². The zero-order chi connectivity index (χ0) is 25.5. The molecule has 7 heteroatoms. The number of esters is 1. The largest absolute Gasteiger partial charge is 0.480 e. The molecule has 0 atom stereocenters. The number of hydrogen-bond donors (Lipinski definition) is 2. The first-order valence-corrected chi connectivity index (χ1v) is 11.3. The number of amides is 2. The lowest BCUT2D eigenvalue weighted by Crippen LogP contribution is -2.20. The van der Waals surface area contributed by atoms with Gasteiger partial charge in [0, 0.05) is 11.4 Å². The first kappa shape index (κ1) is 24.5. The molecule has 0 saturated heterocycles. The number of nitrogens with one attached hydrogen (secondary N) is 2. The van der Waals surface area contributed by atoms with Crippen molar-refractivity contribution in [2.45, 2.75) is 13.0 Å². The van der Waals surface area contributed by atoms with E-state index >= 15 is 0 Å². The monoisotopic (exact) mass is 484 g/mol. The van der Waals surface area contributed by atoms with Crippen molar-refractivity contribution in [3.63, 3.8) is 0 Å². The van der Waals surface area contributed by atoms with Gasteiger partial charge in [0.05, 0.1) is 7.11 Å². The number of carbonyl (C=O) groups excluding carboxylic acids is 2. The molecule has 0 bridgehead atoms. The van der Waals surface area contributed by atoms with Crippen molar-refractivity contribution < 1.29 is 23.5 Å². The van der Waals surface area contributed by atoms with Crippen molar-refractivity contribution in [1.29, 1.82) is 0 Å². The lowest BCUT2D eigenvalue weighted by molar-refractivity contribution is 0.0594. The van der Waals surface area contributed by atoms with Crippen molar-refractivity contribution in [2.75, 3.05) is 17.7 Å². The third-order valence-electron chi connectivity index (χ3n) is 5.52. The number of urea groups is 1. The zero-order valence-corrected chi connectivity index (χ0v) is 19.8. The van der Waals surface area contributed by atoms with E-state index in [-0.39, 0.29) is 5.56 Å². The smallest absolute Gasteiger partial charge is 0.341 e. The molecule has 0 spiro atoms. The molecule has 0 aliphatic heterocycles. The van der Waals surface area contributed by atoms with Gasteiger partial charge < -0.3 is 20.1 Å². The summed E-state index contributed by atoms with van der Waals surface area (Å²) in [5, 5.41) is 5.23. The van der Waals surface area contributed by atoms with Gasteiger partial charge in [-0.15, -0.1) is 0 Å². The molecule has 0 radical (unpaired) electrons. The predicted molar refractivity (Wildman–Crippen MR) is 137 cm³/mol. The number of aryl methyl sites for hydroxylation is 1. The van der Waals surface area contributed by atoms with Gasteiger partial charge in [0.15, 0.2) is 0 Å². The van der Waals surface area contributed by atoms with E-state index in [0.29, 0.717) is 22.7 Å². The van der Waals surface area contributed by atoms with E-state index in [2.05, 4.69) is 10.6 Å². The molecule has 2 N–H and O–H groups in total. The van der Waals surface area contributed by atoms with E-state index < -0.39 is 23.9 Å². The van der Waals surface area contributed by atoms with Crippen LogP contribution < -0.4 is 15.4 Å². The number of rotatable bonds is 7. The predicted octanol–water partition coefficient (Wildman–Crippen LogP) is 6.73. The average molecular weight is 485 g/mol. The minimum absolute atomic E-state index is 0.147. The van der Waals surface area contributed by atoms with Gasteiger partial charge in [-0.2, -0.15) is 0 Å². The number of carbonyl (C=O) groups is 2. The fourth-order valence-electron chi connectivity index (χ4n) is 3.66. The van der Waals surface area contributed by atoms with Crippen LogP contribution in [0.3, 0.4) is 0 Å². The number of anilines is 2. The van der Waals surface area contributed by atoms with E-state index in [1.807, 2.05) is 60.7 Å². The first-order chi connectivity index (χ1) is 17.4. The fraction of sp³-hybridized carbons (Fsp3) is 0.103. The maximum absolute atomic E-state index is 13.8. The second kappa shape index (κ2) is 11.2. The molecule has 4 aromatic carbocycles. The minimum atomic E-state index is -0.616. The normalized spacial score (nSPS) is 10.6. The lowest BCUT2D eigenvalue weighted by atomic mass is 10.0. The summed E-state index contributed by atoms with van der Waals surface area (Å²) in [7, 11) is 1.27. The van der Waals surface area contributed by atoms with Crippen LogP contribution in [0.25, 0.3) is 0 Å². The molecule has 36 heavy (non-hydrogen) atoms. The maximum atomic E-state index is 13.8. The third-order valence-corrected chi connectivity index (χ3v) is 5.52. The molecule has 0 aromatic heterocycles. The van der Waals surface area contributed by atoms with Gasteiger partial charge >= 0.3 is 12.0 Å². The molecular weight excluding hydrogens is 459 g/mol. The Balaban J connectivity index is 1.60. The molecule has 0 fully saturated rings. The molecule has 0 heterocycles. The Bertz CT molecular complexity index is 1320. The van der Waals surface area contributed by atoms with E-state index in [4.69, 9.17) is 9.47 Å². The number of halogens is 1. The van der Waals surface area contributed by atoms with Gasteiger partial charge in [0.1, 0.15) is 23.2 Å². The van der Waals surface area contributed by atoms with Crippen molar-refractivity contribution in [3.8, 4) is 5.75 Å². The number of benzene rings is 4. The molecule has 0 saturated carbocycles. The number of hydrogen-bond acceptors (Lipinski definition) is 4. The molecule has 0 aliphatic carbocycles. The van der Waals surface area contributed by atoms with Crippen LogP contribution in [-0.4, -0.2) is 19.1 Å². The summed E-state index contributed by atoms with van der Waals surface area (Å²) in [4.78, 5) is 25.1. The van der Waals surface area contributed by atoms with Crippen LogP contribution >= 0.6 is 0 Å². The minimum Gasteiger partial charge on any atom is -0.480 e. The molecule has 0 unspecified atom stereocenters. The highest BCUT2D eigenvalue weighted by atomic mass is 19.1.